The van der Waals surface area contributed by atoms with Crippen LogP contribution in [-0.2, 0) is 11.3 Å². The molecule has 184 valence electrons. The van der Waals surface area contributed by atoms with Crippen molar-refractivity contribution in [1.82, 2.24) is 14.7 Å². The number of carbonyl (C=O) groups excluding carboxylic acids is 1. The first-order chi connectivity index (χ1) is 16.6. The van der Waals surface area contributed by atoms with E-state index in [1.165, 1.54) is 5.56 Å². The molecule has 1 amide bonds. The van der Waals surface area contributed by atoms with Crippen molar-refractivity contribution < 1.29 is 23.7 Å². The van der Waals surface area contributed by atoms with E-state index < -0.39 is 0 Å². The number of ether oxygens (including phenoxy) is 4. The van der Waals surface area contributed by atoms with Gasteiger partial charge in [0.15, 0.2) is 0 Å². The summed E-state index contributed by atoms with van der Waals surface area (Å²) in [5, 5.41) is 0. The first-order valence-corrected chi connectivity index (χ1v) is 11.8. The van der Waals surface area contributed by atoms with Gasteiger partial charge in [-0.05, 0) is 29.8 Å². The smallest absolute Gasteiger partial charge is 0.257 e. The number of piperazine rings is 1. The van der Waals surface area contributed by atoms with Crippen LogP contribution >= 0.6 is 0 Å². The van der Waals surface area contributed by atoms with Gasteiger partial charge in [0.2, 0.25) is 0 Å². The fourth-order valence-corrected chi connectivity index (χ4v) is 4.66. The lowest BCUT2D eigenvalue weighted by Gasteiger charge is -2.39. The largest absolute Gasteiger partial charge is 0.497 e. The van der Waals surface area contributed by atoms with Gasteiger partial charge in [0.05, 0.1) is 39.6 Å². The molecule has 2 aliphatic heterocycles. The van der Waals surface area contributed by atoms with E-state index in [1.54, 1.807) is 21.3 Å². The van der Waals surface area contributed by atoms with Gasteiger partial charge in [0.1, 0.15) is 17.2 Å². The number of carbonyl (C=O) groups is 1. The van der Waals surface area contributed by atoms with Gasteiger partial charge in [-0.25, -0.2) is 0 Å². The van der Waals surface area contributed by atoms with E-state index in [-0.39, 0.29) is 12.0 Å². The molecule has 0 saturated carbocycles. The molecule has 34 heavy (non-hydrogen) atoms. The molecule has 4 rings (SSSR count). The van der Waals surface area contributed by atoms with Gasteiger partial charge in [-0.1, -0.05) is 12.1 Å². The first kappa shape index (κ1) is 24.3. The first-order valence-electron chi connectivity index (χ1n) is 11.8. The maximum absolute atomic E-state index is 13.0. The third kappa shape index (κ3) is 6.00. The minimum Gasteiger partial charge on any atom is -0.497 e. The van der Waals surface area contributed by atoms with Crippen LogP contribution in [0.1, 0.15) is 15.9 Å². The van der Waals surface area contributed by atoms with E-state index in [2.05, 4.69) is 21.9 Å². The van der Waals surface area contributed by atoms with Crippen molar-refractivity contribution in [3.63, 3.8) is 0 Å². The molecule has 8 nitrogen and oxygen atoms in total. The summed E-state index contributed by atoms with van der Waals surface area (Å²) in [4.78, 5) is 19.7. The molecule has 0 radical (unpaired) electrons. The number of amides is 1. The Kier molecular flexibility index (Phi) is 8.26. The molecular weight excluding hydrogens is 434 g/mol. The number of para-hydroxylation sites is 1. The molecule has 0 spiro atoms. The molecule has 0 aromatic heterocycles. The van der Waals surface area contributed by atoms with Crippen molar-refractivity contribution in [3.05, 3.63) is 53.6 Å². The Morgan fingerprint density at radius 2 is 1.62 bits per heavy atom. The maximum Gasteiger partial charge on any atom is 0.257 e. The molecule has 2 aromatic carbocycles. The molecule has 2 fully saturated rings. The van der Waals surface area contributed by atoms with Crippen molar-refractivity contribution in [3.8, 4) is 17.2 Å². The predicted molar refractivity (Wildman–Crippen MR) is 130 cm³/mol. The van der Waals surface area contributed by atoms with Gasteiger partial charge in [-0.15, -0.1) is 0 Å². The van der Waals surface area contributed by atoms with Crippen LogP contribution in [0.3, 0.4) is 0 Å². The molecule has 0 bridgehead atoms. The average Bonchev–Trinajstić information content (AvgIpc) is 2.88. The molecule has 0 N–H and O–H groups in total. The van der Waals surface area contributed by atoms with Crippen molar-refractivity contribution in [2.75, 3.05) is 73.7 Å². The molecule has 2 saturated heterocycles. The number of methoxy groups -OCH3 is 3. The standard InChI is InChI=1S/C26H35N3O5/c1-31-21-14-20(15-22(16-21)32-2)17-28-12-13-34-23(19-28)18-27-8-10-29(11-9-27)26(30)24-6-4-5-7-25(24)33-3/h4-7,14-16,23H,8-13,17-19H2,1-3H3. The number of nitrogens with zero attached hydrogens (tertiary/aromatic N) is 3. The summed E-state index contributed by atoms with van der Waals surface area (Å²) >= 11 is 0. The van der Waals surface area contributed by atoms with Crippen LogP contribution in [0.5, 0.6) is 17.2 Å². The van der Waals surface area contributed by atoms with Gasteiger partial charge in [0.25, 0.3) is 5.91 Å². The van der Waals surface area contributed by atoms with Gasteiger partial charge in [-0.2, -0.15) is 0 Å². The SMILES string of the molecule is COc1cc(CN2CCOC(CN3CCN(C(=O)c4ccccc4OC)CC3)C2)cc(OC)c1. The van der Waals surface area contributed by atoms with Crippen molar-refractivity contribution in [2.45, 2.75) is 12.6 Å². The summed E-state index contributed by atoms with van der Waals surface area (Å²) in [6.07, 6.45) is 0.151. The monoisotopic (exact) mass is 469 g/mol. The highest BCUT2D eigenvalue weighted by Gasteiger charge is 2.28. The zero-order valence-corrected chi connectivity index (χ0v) is 20.4. The molecule has 8 heteroatoms. The molecule has 0 aliphatic carbocycles. The number of morpholine rings is 1. The van der Waals surface area contributed by atoms with Gasteiger partial charge in [0, 0.05) is 58.4 Å². The van der Waals surface area contributed by atoms with Gasteiger partial charge < -0.3 is 23.8 Å². The molecule has 1 unspecified atom stereocenters. The molecule has 1 atom stereocenters. The Labute approximate surface area is 201 Å². The molecular formula is C26H35N3O5. The fourth-order valence-electron chi connectivity index (χ4n) is 4.66. The number of hydrogen-bond donors (Lipinski definition) is 0. The quantitative estimate of drug-likeness (QED) is 0.588. The van der Waals surface area contributed by atoms with E-state index in [0.717, 1.165) is 57.4 Å². The summed E-state index contributed by atoms with van der Waals surface area (Å²) < 4.78 is 22.3. The minimum atomic E-state index is 0.0332. The Balaban J connectivity index is 1.28. The van der Waals surface area contributed by atoms with Crippen LogP contribution in [0.2, 0.25) is 0 Å². The van der Waals surface area contributed by atoms with Crippen LogP contribution in [-0.4, -0.2) is 100 Å². The predicted octanol–water partition coefficient (Wildman–Crippen LogP) is 2.37. The number of hydrogen-bond acceptors (Lipinski definition) is 7. The van der Waals surface area contributed by atoms with Crippen LogP contribution in [0.25, 0.3) is 0 Å². The van der Waals surface area contributed by atoms with Crippen LogP contribution < -0.4 is 14.2 Å². The van der Waals surface area contributed by atoms with Gasteiger partial charge >= 0.3 is 0 Å². The lowest BCUT2D eigenvalue weighted by molar-refractivity contribution is -0.0497. The lowest BCUT2D eigenvalue weighted by Crippen LogP contribution is -2.53. The topological polar surface area (TPSA) is 63.7 Å². The normalized spacial score (nSPS) is 19.6. The summed E-state index contributed by atoms with van der Waals surface area (Å²) in [5.74, 6) is 2.27. The Bertz CT molecular complexity index is 939. The van der Waals surface area contributed by atoms with Crippen LogP contribution in [0, 0.1) is 0 Å². The highest BCUT2D eigenvalue weighted by Crippen LogP contribution is 2.24. The third-order valence-corrected chi connectivity index (χ3v) is 6.50. The molecule has 2 aliphatic rings. The van der Waals surface area contributed by atoms with E-state index >= 15 is 0 Å². The molecule has 2 heterocycles. The van der Waals surface area contributed by atoms with E-state index in [4.69, 9.17) is 18.9 Å². The summed E-state index contributed by atoms with van der Waals surface area (Å²) in [6, 6.07) is 13.4. The van der Waals surface area contributed by atoms with Crippen LogP contribution in [0.15, 0.2) is 42.5 Å². The lowest BCUT2D eigenvalue weighted by atomic mass is 10.1. The number of benzene rings is 2. The summed E-state index contributed by atoms with van der Waals surface area (Å²) in [5.41, 5.74) is 1.79. The average molecular weight is 470 g/mol. The second kappa shape index (κ2) is 11.6. The Morgan fingerprint density at radius 3 is 2.29 bits per heavy atom. The summed E-state index contributed by atoms with van der Waals surface area (Å²) in [6.45, 7) is 7.29. The van der Waals surface area contributed by atoms with Crippen molar-refractivity contribution >= 4 is 5.91 Å². The minimum absolute atomic E-state index is 0.0332. The zero-order chi connectivity index (χ0) is 23.9. The Morgan fingerprint density at radius 1 is 0.912 bits per heavy atom. The van der Waals surface area contributed by atoms with Crippen molar-refractivity contribution in [2.24, 2.45) is 0 Å². The third-order valence-electron chi connectivity index (χ3n) is 6.50. The van der Waals surface area contributed by atoms with Crippen molar-refractivity contribution in [1.29, 1.82) is 0 Å². The maximum atomic E-state index is 13.0. The van der Waals surface area contributed by atoms with E-state index in [9.17, 15) is 4.79 Å². The summed E-state index contributed by atoms with van der Waals surface area (Å²) in [7, 11) is 4.95. The van der Waals surface area contributed by atoms with Gasteiger partial charge in [-0.3, -0.25) is 14.6 Å². The second-order valence-corrected chi connectivity index (χ2v) is 8.74. The van der Waals surface area contributed by atoms with E-state index in [0.29, 0.717) is 24.4 Å². The second-order valence-electron chi connectivity index (χ2n) is 8.74. The molecule has 2 aromatic rings. The van der Waals surface area contributed by atoms with E-state index in [1.807, 2.05) is 35.2 Å². The number of rotatable bonds is 8. The highest BCUT2D eigenvalue weighted by molar-refractivity contribution is 5.97. The highest BCUT2D eigenvalue weighted by atomic mass is 16.5. The zero-order valence-electron chi connectivity index (χ0n) is 20.4. The van der Waals surface area contributed by atoms with Crippen LogP contribution in [0.4, 0.5) is 0 Å². The Hall–Kier alpha value is -2.81. The fraction of sp³-hybridized carbons (Fsp3) is 0.500.